The van der Waals surface area contributed by atoms with Gasteiger partial charge in [-0.2, -0.15) is 4.98 Å². The van der Waals surface area contributed by atoms with Crippen molar-refractivity contribution in [1.82, 2.24) is 20.1 Å². The smallest absolute Gasteiger partial charge is 0.310 e. The molecule has 0 spiro atoms. The van der Waals surface area contributed by atoms with E-state index in [9.17, 15) is 14.4 Å². The van der Waals surface area contributed by atoms with Gasteiger partial charge in [-0.3, -0.25) is 19.3 Å². The maximum atomic E-state index is 13.0. The number of carbonyl (C=O) groups is 3. The monoisotopic (exact) mass is 616 g/mol. The Balaban J connectivity index is 1.24. The third kappa shape index (κ3) is 8.79. The van der Waals surface area contributed by atoms with Crippen molar-refractivity contribution in [3.63, 3.8) is 0 Å². The van der Waals surface area contributed by atoms with E-state index >= 15 is 0 Å². The van der Waals surface area contributed by atoms with Gasteiger partial charge in [0.25, 0.3) is 5.91 Å². The highest BCUT2D eigenvalue weighted by Crippen LogP contribution is 2.26. The molecule has 2 aliphatic rings. The first kappa shape index (κ1) is 32.5. The number of nitrogens with zero attached hydrogens (tertiary/aromatic N) is 3. The molecule has 2 saturated heterocycles. The van der Waals surface area contributed by atoms with Crippen molar-refractivity contribution < 1.29 is 28.6 Å². The summed E-state index contributed by atoms with van der Waals surface area (Å²) >= 11 is 6.07. The van der Waals surface area contributed by atoms with E-state index in [-0.39, 0.29) is 65.4 Å². The van der Waals surface area contributed by atoms with Crippen LogP contribution in [-0.2, 0) is 25.5 Å². The lowest BCUT2D eigenvalue weighted by Crippen LogP contribution is -2.55. The minimum Gasteiger partial charge on any atom is -0.480 e. The Bertz CT molecular complexity index is 1290. The molecule has 2 aromatic rings. The highest BCUT2D eigenvalue weighted by Gasteiger charge is 2.32. The van der Waals surface area contributed by atoms with Crippen molar-refractivity contribution in [2.75, 3.05) is 65.0 Å². The number of hydrogen-bond donors (Lipinski definition) is 3. The van der Waals surface area contributed by atoms with E-state index < -0.39 is 5.91 Å². The molecule has 43 heavy (non-hydrogen) atoms. The number of pyridine rings is 1. The largest absolute Gasteiger partial charge is 0.480 e. The minimum absolute atomic E-state index is 0.0740. The second-order valence-electron chi connectivity index (χ2n) is 11.3. The highest BCUT2D eigenvalue weighted by atomic mass is 35.5. The second kappa shape index (κ2) is 14.8. The fourth-order valence-electron chi connectivity index (χ4n) is 5.41. The zero-order valence-electron chi connectivity index (χ0n) is 25.1. The van der Waals surface area contributed by atoms with Crippen LogP contribution in [0.2, 0.25) is 5.02 Å². The van der Waals surface area contributed by atoms with E-state index in [0.29, 0.717) is 31.1 Å². The first-order valence-corrected chi connectivity index (χ1v) is 14.8. The van der Waals surface area contributed by atoms with Crippen LogP contribution in [0.3, 0.4) is 0 Å². The van der Waals surface area contributed by atoms with Crippen LogP contribution in [-0.4, -0.2) is 105 Å². The molecule has 4 atom stereocenters. The Morgan fingerprint density at radius 2 is 1.84 bits per heavy atom. The number of anilines is 2. The normalized spacial score (nSPS) is 22.9. The summed E-state index contributed by atoms with van der Waals surface area (Å²) in [5.41, 5.74) is 7.36. The van der Waals surface area contributed by atoms with Gasteiger partial charge in [0.2, 0.25) is 11.8 Å². The van der Waals surface area contributed by atoms with Crippen LogP contribution in [0.25, 0.3) is 0 Å². The van der Waals surface area contributed by atoms with Gasteiger partial charge >= 0.3 is 5.97 Å². The standard InChI is InChI=1S/C30H41ClN6O6/c1-18-9-11-36(2)15-24(18)43-27(39)13-19-5-7-20(8-6-19)33-26(38)17-37-12-10-23(25(16-37)41-3)34-29(40)21-14-22(31)28(32)35-30(21)42-4/h5-8,14,18,23-25H,9-13,15-17H2,1-4H3,(H2,32,35)(H,33,38)(H,34,40)/t18?,23-,24?,25+/m1/s1. The fourth-order valence-corrected chi connectivity index (χ4v) is 5.56. The summed E-state index contributed by atoms with van der Waals surface area (Å²) < 4.78 is 16.6. The number of nitrogens with two attached hydrogens (primary N) is 1. The molecule has 1 aromatic heterocycles. The molecule has 0 bridgehead atoms. The molecular formula is C30H41ClN6O6. The third-order valence-electron chi connectivity index (χ3n) is 8.00. The van der Waals surface area contributed by atoms with E-state index in [2.05, 4.69) is 27.4 Å². The lowest BCUT2D eigenvalue weighted by molar-refractivity contribution is -0.153. The number of likely N-dealkylation sites (N-methyl/N-ethyl adjacent to an activating group) is 1. The number of esters is 1. The molecule has 12 nitrogen and oxygen atoms in total. The minimum atomic E-state index is -0.405. The molecule has 4 rings (SSSR count). The van der Waals surface area contributed by atoms with Gasteiger partial charge in [0, 0.05) is 32.4 Å². The van der Waals surface area contributed by atoms with Crippen molar-refractivity contribution in [3.8, 4) is 5.88 Å². The van der Waals surface area contributed by atoms with E-state index in [0.717, 1.165) is 25.1 Å². The molecule has 0 aliphatic carbocycles. The van der Waals surface area contributed by atoms with Gasteiger partial charge in [-0.1, -0.05) is 30.7 Å². The van der Waals surface area contributed by atoms with E-state index in [1.165, 1.54) is 13.2 Å². The lowest BCUT2D eigenvalue weighted by Gasteiger charge is -2.37. The third-order valence-corrected chi connectivity index (χ3v) is 8.30. The highest BCUT2D eigenvalue weighted by molar-refractivity contribution is 6.33. The number of amides is 2. The topological polar surface area (TPSA) is 148 Å². The van der Waals surface area contributed by atoms with Crippen LogP contribution in [0.4, 0.5) is 11.5 Å². The van der Waals surface area contributed by atoms with E-state index in [1.807, 2.05) is 24.1 Å². The number of nitrogen functional groups attached to an aromatic ring is 1. The number of methoxy groups -OCH3 is 2. The Labute approximate surface area is 257 Å². The number of piperidine rings is 2. The number of halogens is 1. The zero-order valence-corrected chi connectivity index (χ0v) is 25.9. The van der Waals surface area contributed by atoms with Gasteiger partial charge < -0.3 is 35.5 Å². The summed E-state index contributed by atoms with van der Waals surface area (Å²) in [6.07, 6.45) is 1.32. The van der Waals surface area contributed by atoms with Crippen LogP contribution < -0.4 is 21.1 Å². The molecule has 0 radical (unpaired) electrons. The summed E-state index contributed by atoms with van der Waals surface area (Å²) in [7, 11) is 5.01. The molecule has 2 amide bonds. The summed E-state index contributed by atoms with van der Waals surface area (Å²) in [5.74, 6) is -0.325. The van der Waals surface area contributed by atoms with Gasteiger partial charge in [-0.15, -0.1) is 0 Å². The molecular weight excluding hydrogens is 576 g/mol. The number of benzene rings is 1. The number of rotatable bonds is 10. The van der Waals surface area contributed by atoms with Crippen LogP contribution in [0, 0.1) is 5.92 Å². The molecule has 3 heterocycles. The summed E-state index contributed by atoms with van der Waals surface area (Å²) in [6, 6.07) is 8.34. The predicted octanol–water partition coefficient (Wildman–Crippen LogP) is 2.21. The first-order valence-electron chi connectivity index (χ1n) is 14.4. The number of likely N-dealkylation sites (tertiary alicyclic amines) is 2. The van der Waals surface area contributed by atoms with Gasteiger partial charge in [0.05, 0.1) is 37.2 Å². The van der Waals surface area contributed by atoms with Gasteiger partial charge in [-0.05, 0) is 56.1 Å². The number of aromatic nitrogens is 1. The Morgan fingerprint density at radius 3 is 2.53 bits per heavy atom. The average Bonchev–Trinajstić information content (AvgIpc) is 2.97. The summed E-state index contributed by atoms with van der Waals surface area (Å²) in [4.78, 5) is 46.5. The van der Waals surface area contributed by atoms with Crippen LogP contribution in [0.1, 0.15) is 35.7 Å². The molecule has 0 saturated carbocycles. The fraction of sp³-hybridized carbons (Fsp3) is 0.533. The van der Waals surface area contributed by atoms with Crippen molar-refractivity contribution in [1.29, 1.82) is 0 Å². The van der Waals surface area contributed by atoms with E-state index in [4.69, 9.17) is 31.5 Å². The Hall–Kier alpha value is -3.45. The van der Waals surface area contributed by atoms with Crippen molar-refractivity contribution >= 4 is 40.9 Å². The van der Waals surface area contributed by atoms with Gasteiger partial charge in [0.1, 0.15) is 17.5 Å². The number of nitrogens with one attached hydrogen (secondary N) is 2. The van der Waals surface area contributed by atoms with Crippen molar-refractivity contribution in [2.24, 2.45) is 5.92 Å². The molecule has 4 N–H and O–H groups in total. The molecule has 234 valence electrons. The summed E-state index contributed by atoms with van der Waals surface area (Å²) in [5, 5.41) is 6.04. The van der Waals surface area contributed by atoms with Crippen LogP contribution >= 0.6 is 11.6 Å². The maximum Gasteiger partial charge on any atom is 0.310 e. The van der Waals surface area contributed by atoms with E-state index in [1.54, 1.807) is 19.2 Å². The van der Waals surface area contributed by atoms with Crippen LogP contribution in [0.15, 0.2) is 30.3 Å². The zero-order chi connectivity index (χ0) is 31.1. The molecule has 2 unspecified atom stereocenters. The Kier molecular flexibility index (Phi) is 11.2. The average molecular weight is 617 g/mol. The number of hydrogen-bond acceptors (Lipinski definition) is 10. The van der Waals surface area contributed by atoms with Crippen molar-refractivity contribution in [2.45, 2.75) is 44.4 Å². The lowest BCUT2D eigenvalue weighted by atomic mass is 9.96. The SMILES string of the molecule is COc1nc(N)c(Cl)cc1C(=O)N[C@@H]1CCN(CC(=O)Nc2ccc(CC(=O)OC3CN(C)CCC3C)cc2)C[C@@H]1OC. The quantitative estimate of drug-likeness (QED) is 0.339. The molecule has 2 fully saturated rings. The second-order valence-corrected chi connectivity index (χ2v) is 11.7. The molecule has 2 aliphatic heterocycles. The predicted molar refractivity (Wildman–Crippen MR) is 163 cm³/mol. The number of ether oxygens (including phenoxy) is 3. The first-order chi connectivity index (χ1) is 20.6. The maximum absolute atomic E-state index is 13.0. The van der Waals surface area contributed by atoms with Gasteiger partial charge in [-0.25, -0.2) is 0 Å². The molecule has 13 heteroatoms. The Morgan fingerprint density at radius 1 is 1.09 bits per heavy atom. The summed E-state index contributed by atoms with van der Waals surface area (Å²) in [6.45, 7) is 5.07. The van der Waals surface area contributed by atoms with Gasteiger partial charge in [0.15, 0.2) is 0 Å². The molecule has 1 aromatic carbocycles. The van der Waals surface area contributed by atoms with Crippen LogP contribution in [0.5, 0.6) is 5.88 Å². The van der Waals surface area contributed by atoms with Crippen molar-refractivity contribution in [3.05, 3.63) is 46.5 Å². The number of carbonyl (C=O) groups excluding carboxylic acids is 3.